The van der Waals surface area contributed by atoms with Gasteiger partial charge in [-0.2, -0.15) is 0 Å². The second kappa shape index (κ2) is 7.28. The van der Waals surface area contributed by atoms with Crippen molar-refractivity contribution in [1.82, 2.24) is 10.2 Å². The van der Waals surface area contributed by atoms with Crippen LogP contribution in [0.15, 0.2) is 18.2 Å². The van der Waals surface area contributed by atoms with Gasteiger partial charge in [-0.25, -0.2) is 0 Å². The average Bonchev–Trinajstić information content (AvgIpc) is 3.19. The van der Waals surface area contributed by atoms with Crippen LogP contribution in [0.1, 0.15) is 49.7 Å². The first-order valence-corrected chi connectivity index (χ1v) is 8.46. The van der Waals surface area contributed by atoms with E-state index in [0.717, 1.165) is 18.8 Å². The molecule has 2 aliphatic rings. The Labute approximate surface area is 128 Å². The predicted octanol–water partition coefficient (Wildman–Crippen LogP) is 3.32. The Hall–Kier alpha value is -1.06. The van der Waals surface area contributed by atoms with Crippen molar-refractivity contribution in [3.05, 3.63) is 29.3 Å². The highest BCUT2D eigenvalue weighted by Gasteiger charge is 2.16. The molecule has 3 nitrogen and oxygen atoms in total. The quantitative estimate of drug-likeness (QED) is 0.869. The standard InChI is InChI=1S/C18H28N2O/c1-21-18-12-15(14-20-10-4-5-11-20)8-9-16(18)13-19-17-6-2-3-7-17/h8-9,12,17,19H,2-7,10-11,13-14H2,1H3. The summed E-state index contributed by atoms with van der Waals surface area (Å²) in [6, 6.07) is 7.45. The van der Waals surface area contributed by atoms with E-state index in [4.69, 9.17) is 4.74 Å². The van der Waals surface area contributed by atoms with Gasteiger partial charge >= 0.3 is 0 Å². The molecule has 0 radical (unpaired) electrons. The van der Waals surface area contributed by atoms with E-state index in [-0.39, 0.29) is 0 Å². The number of ether oxygens (including phenoxy) is 1. The molecule has 1 saturated heterocycles. The van der Waals surface area contributed by atoms with E-state index < -0.39 is 0 Å². The van der Waals surface area contributed by atoms with Crippen LogP contribution < -0.4 is 10.1 Å². The highest BCUT2D eigenvalue weighted by atomic mass is 16.5. The topological polar surface area (TPSA) is 24.5 Å². The van der Waals surface area contributed by atoms with Gasteiger partial charge in [-0.15, -0.1) is 0 Å². The molecule has 3 rings (SSSR count). The van der Waals surface area contributed by atoms with Crippen LogP contribution in [0.5, 0.6) is 5.75 Å². The Bertz CT molecular complexity index is 449. The van der Waals surface area contributed by atoms with Gasteiger partial charge in [-0.1, -0.05) is 25.0 Å². The van der Waals surface area contributed by atoms with Gasteiger partial charge in [0.1, 0.15) is 5.75 Å². The van der Waals surface area contributed by atoms with Crippen LogP contribution in [0.3, 0.4) is 0 Å². The Morgan fingerprint density at radius 3 is 2.62 bits per heavy atom. The summed E-state index contributed by atoms with van der Waals surface area (Å²) in [5.74, 6) is 1.04. The van der Waals surface area contributed by atoms with Crippen molar-refractivity contribution in [2.75, 3.05) is 20.2 Å². The van der Waals surface area contributed by atoms with E-state index in [1.807, 2.05) is 0 Å². The first-order valence-electron chi connectivity index (χ1n) is 8.46. The summed E-state index contributed by atoms with van der Waals surface area (Å²) in [6.45, 7) is 4.48. The monoisotopic (exact) mass is 288 g/mol. The van der Waals surface area contributed by atoms with E-state index in [0.29, 0.717) is 6.04 Å². The molecule has 0 amide bonds. The van der Waals surface area contributed by atoms with Crippen LogP contribution in [0.4, 0.5) is 0 Å². The summed E-state index contributed by atoms with van der Waals surface area (Å²) in [4.78, 5) is 2.53. The minimum absolute atomic E-state index is 0.707. The van der Waals surface area contributed by atoms with Crippen molar-refractivity contribution >= 4 is 0 Å². The van der Waals surface area contributed by atoms with Gasteiger partial charge in [-0.05, 0) is 50.4 Å². The highest BCUT2D eigenvalue weighted by Crippen LogP contribution is 2.24. The number of methoxy groups -OCH3 is 1. The lowest BCUT2D eigenvalue weighted by Gasteiger charge is -2.18. The Morgan fingerprint density at radius 1 is 1.14 bits per heavy atom. The molecule has 1 aromatic rings. The van der Waals surface area contributed by atoms with Crippen LogP contribution in [-0.2, 0) is 13.1 Å². The molecule has 0 unspecified atom stereocenters. The lowest BCUT2D eigenvalue weighted by molar-refractivity contribution is 0.330. The van der Waals surface area contributed by atoms with Gasteiger partial charge in [0.25, 0.3) is 0 Å². The molecule has 1 heterocycles. The zero-order valence-electron chi connectivity index (χ0n) is 13.2. The van der Waals surface area contributed by atoms with Crippen molar-refractivity contribution < 1.29 is 4.74 Å². The fourth-order valence-electron chi connectivity index (χ4n) is 3.62. The molecule has 3 heteroatoms. The van der Waals surface area contributed by atoms with Gasteiger partial charge in [0.05, 0.1) is 7.11 Å². The normalized spacial score (nSPS) is 20.2. The number of hydrogen-bond acceptors (Lipinski definition) is 3. The van der Waals surface area contributed by atoms with E-state index in [9.17, 15) is 0 Å². The van der Waals surface area contributed by atoms with E-state index >= 15 is 0 Å². The molecule has 0 bridgehead atoms. The zero-order chi connectivity index (χ0) is 14.5. The smallest absolute Gasteiger partial charge is 0.123 e. The van der Waals surface area contributed by atoms with Gasteiger partial charge < -0.3 is 10.1 Å². The maximum atomic E-state index is 5.61. The fourth-order valence-corrected chi connectivity index (χ4v) is 3.62. The van der Waals surface area contributed by atoms with Crippen LogP contribution in [0, 0.1) is 0 Å². The number of likely N-dealkylation sites (tertiary alicyclic amines) is 1. The molecule has 1 aromatic carbocycles. The zero-order valence-corrected chi connectivity index (χ0v) is 13.2. The molecule has 0 atom stereocenters. The summed E-state index contributed by atoms with van der Waals surface area (Å²) in [5.41, 5.74) is 2.66. The van der Waals surface area contributed by atoms with Crippen LogP contribution in [0.2, 0.25) is 0 Å². The Balaban J connectivity index is 1.60. The summed E-state index contributed by atoms with van der Waals surface area (Å²) >= 11 is 0. The minimum Gasteiger partial charge on any atom is -0.496 e. The van der Waals surface area contributed by atoms with Crippen molar-refractivity contribution in [2.24, 2.45) is 0 Å². The van der Waals surface area contributed by atoms with Gasteiger partial charge in [-0.3, -0.25) is 4.90 Å². The minimum atomic E-state index is 0.707. The first kappa shape index (κ1) is 14.9. The van der Waals surface area contributed by atoms with Crippen molar-refractivity contribution in [3.8, 4) is 5.75 Å². The number of rotatable bonds is 6. The van der Waals surface area contributed by atoms with Crippen LogP contribution >= 0.6 is 0 Å². The third-order valence-electron chi connectivity index (χ3n) is 4.89. The second-order valence-corrected chi connectivity index (χ2v) is 6.49. The lowest BCUT2D eigenvalue weighted by atomic mass is 10.1. The fraction of sp³-hybridized carbons (Fsp3) is 0.667. The summed E-state index contributed by atoms with van der Waals surface area (Å²) in [7, 11) is 1.79. The largest absolute Gasteiger partial charge is 0.496 e. The Morgan fingerprint density at radius 2 is 1.90 bits per heavy atom. The lowest BCUT2D eigenvalue weighted by Crippen LogP contribution is -2.25. The van der Waals surface area contributed by atoms with E-state index in [1.54, 1.807) is 7.11 Å². The summed E-state index contributed by atoms with van der Waals surface area (Å²) < 4.78 is 5.61. The highest BCUT2D eigenvalue weighted by molar-refractivity contribution is 5.37. The second-order valence-electron chi connectivity index (χ2n) is 6.49. The number of nitrogens with one attached hydrogen (secondary N) is 1. The van der Waals surface area contributed by atoms with Crippen LogP contribution in [0.25, 0.3) is 0 Å². The third-order valence-corrected chi connectivity index (χ3v) is 4.89. The van der Waals surface area contributed by atoms with Crippen molar-refractivity contribution in [3.63, 3.8) is 0 Å². The van der Waals surface area contributed by atoms with Crippen molar-refractivity contribution in [2.45, 2.75) is 57.7 Å². The molecule has 1 saturated carbocycles. The van der Waals surface area contributed by atoms with Gasteiger partial charge in [0.2, 0.25) is 0 Å². The summed E-state index contributed by atoms with van der Waals surface area (Å²) in [6.07, 6.45) is 8.11. The molecule has 1 aliphatic carbocycles. The molecular formula is C18H28N2O. The predicted molar refractivity (Wildman–Crippen MR) is 86.6 cm³/mol. The molecule has 1 aliphatic heterocycles. The molecule has 0 spiro atoms. The van der Waals surface area contributed by atoms with Crippen LogP contribution in [-0.4, -0.2) is 31.1 Å². The maximum absolute atomic E-state index is 5.61. The average molecular weight is 288 g/mol. The van der Waals surface area contributed by atoms with Gasteiger partial charge in [0, 0.05) is 24.7 Å². The third kappa shape index (κ3) is 3.98. The molecule has 0 aromatic heterocycles. The number of hydrogen-bond donors (Lipinski definition) is 1. The molecule has 21 heavy (non-hydrogen) atoms. The number of nitrogens with zero attached hydrogens (tertiary/aromatic N) is 1. The number of benzene rings is 1. The Kier molecular flexibility index (Phi) is 5.15. The molecule has 1 N–H and O–H groups in total. The molecule has 2 fully saturated rings. The van der Waals surface area contributed by atoms with E-state index in [1.165, 1.54) is 62.7 Å². The van der Waals surface area contributed by atoms with E-state index in [2.05, 4.69) is 28.4 Å². The summed E-state index contributed by atoms with van der Waals surface area (Å²) in [5, 5.41) is 3.67. The molecule has 116 valence electrons. The molecular weight excluding hydrogens is 260 g/mol. The SMILES string of the molecule is COc1cc(CN2CCCC2)ccc1CNC1CCCC1. The van der Waals surface area contributed by atoms with Crippen molar-refractivity contribution in [1.29, 1.82) is 0 Å². The maximum Gasteiger partial charge on any atom is 0.123 e. The first-order chi connectivity index (χ1) is 10.3. The van der Waals surface area contributed by atoms with Gasteiger partial charge in [0.15, 0.2) is 0 Å².